The maximum Gasteiger partial charge on any atom is 0.260 e. The molecule has 1 saturated heterocycles. The van der Waals surface area contributed by atoms with Gasteiger partial charge in [0.15, 0.2) is 0 Å². The average molecular weight is 304 g/mol. The molecule has 1 amide bonds. The standard InChI is InChI=1S/C17H18F2N2O/c18-14-7-5-8-15(19)16(14)17(22)21-11-2-1-6-13(21)12-20-9-3-4-10-20/h3-5,7-10,13H,1-2,6,11-12H2. The molecule has 22 heavy (non-hydrogen) atoms. The zero-order chi connectivity index (χ0) is 15.5. The van der Waals surface area contributed by atoms with Crippen molar-refractivity contribution in [1.82, 2.24) is 9.47 Å². The number of amides is 1. The van der Waals surface area contributed by atoms with Crippen molar-refractivity contribution in [3.05, 3.63) is 59.9 Å². The molecule has 1 aromatic heterocycles. The zero-order valence-electron chi connectivity index (χ0n) is 12.2. The highest BCUT2D eigenvalue weighted by Crippen LogP contribution is 2.23. The minimum Gasteiger partial charge on any atom is -0.352 e. The van der Waals surface area contributed by atoms with Gasteiger partial charge in [-0.3, -0.25) is 4.79 Å². The van der Waals surface area contributed by atoms with E-state index >= 15 is 0 Å². The number of hydrogen-bond donors (Lipinski definition) is 0. The minimum atomic E-state index is -0.796. The molecule has 116 valence electrons. The number of rotatable bonds is 3. The zero-order valence-corrected chi connectivity index (χ0v) is 12.2. The lowest BCUT2D eigenvalue weighted by molar-refractivity contribution is 0.0579. The summed E-state index contributed by atoms with van der Waals surface area (Å²) in [7, 11) is 0. The van der Waals surface area contributed by atoms with Crippen molar-refractivity contribution in [3.63, 3.8) is 0 Å². The van der Waals surface area contributed by atoms with Gasteiger partial charge in [-0.1, -0.05) is 6.07 Å². The van der Waals surface area contributed by atoms with Gasteiger partial charge in [0.25, 0.3) is 5.91 Å². The van der Waals surface area contributed by atoms with Gasteiger partial charge in [-0.25, -0.2) is 8.78 Å². The quantitative estimate of drug-likeness (QED) is 0.852. The molecule has 1 aliphatic heterocycles. The van der Waals surface area contributed by atoms with E-state index in [0.29, 0.717) is 13.1 Å². The number of likely N-dealkylation sites (tertiary alicyclic amines) is 1. The number of carbonyl (C=O) groups is 1. The summed E-state index contributed by atoms with van der Waals surface area (Å²) in [5.74, 6) is -2.14. The second-order valence-corrected chi connectivity index (χ2v) is 5.62. The van der Waals surface area contributed by atoms with Crippen LogP contribution in [0.3, 0.4) is 0 Å². The molecule has 0 spiro atoms. The highest BCUT2D eigenvalue weighted by Gasteiger charge is 2.30. The maximum absolute atomic E-state index is 13.9. The molecule has 1 aromatic carbocycles. The molecule has 0 N–H and O–H groups in total. The van der Waals surface area contributed by atoms with Crippen LogP contribution in [0.15, 0.2) is 42.7 Å². The Labute approximate surface area is 128 Å². The van der Waals surface area contributed by atoms with Crippen LogP contribution in [0.1, 0.15) is 29.6 Å². The van der Waals surface area contributed by atoms with Crippen molar-refractivity contribution in [3.8, 4) is 0 Å². The second kappa shape index (κ2) is 6.30. The fourth-order valence-electron chi connectivity index (χ4n) is 3.04. The van der Waals surface area contributed by atoms with Gasteiger partial charge in [0.2, 0.25) is 0 Å². The largest absolute Gasteiger partial charge is 0.352 e. The summed E-state index contributed by atoms with van der Waals surface area (Å²) in [4.78, 5) is 14.2. The molecule has 1 unspecified atom stereocenters. The van der Waals surface area contributed by atoms with Crippen LogP contribution < -0.4 is 0 Å². The van der Waals surface area contributed by atoms with Crippen LogP contribution in [0.2, 0.25) is 0 Å². The second-order valence-electron chi connectivity index (χ2n) is 5.62. The Balaban J connectivity index is 1.85. The molecule has 0 radical (unpaired) electrons. The summed E-state index contributed by atoms with van der Waals surface area (Å²) in [6.07, 6.45) is 6.60. The van der Waals surface area contributed by atoms with Gasteiger partial charge < -0.3 is 9.47 Å². The van der Waals surface area contributed by atoms with Gasteiger partial charge in [-0.2, -0.15) is 0 Å². The smallest absolute Gasteiger partial charge is 0.260 e. The highest BCUT2D eigenvalue weighted by atomic mass is 19.1. The van der Waals surface area contributed by atoms with Gasteiger partial charge in [0.05, 0.1) is 0 Å². The van der Waals surface area contributed by atoms with E-state index in [4.69, 9.17) is 0 Å². The van der Waals surface area contributed by atoms with Gasteiger partial charge in [0.1, 0.15) is 17.2 Å². The summed E-state index contributed by atoms with van der Waals surface area (Å²) < 4.78 is 29.7. The van der Waals surface area contributed by atoms with Crippen molar-refractivity contribution in [2.24, 2.45) is 0 Å². The van der Waals surface area contributed by atoms with Crippen molar-refractivity contribution in [1.29, 1.82) is 0 Å². The normalized spacial score (nSPS) is 18.5. The summed E-state index contributed by atoms with van der Waals surface area (Å²) in [6.45, 7) is 1.19. The predicted molar refractivity (Wildman–Crippen MR) is 79.5 cm³/mol. The third-order valence-electron chi connectivity index (χ3n) is 4.15. The molecule has 1 atom stereocenters. The Morgan fingerprint density at radius 3 is 2.45 bits per heavy atom. The molecule has 0 bridgehead atoms. The van der Waals surface area contributed by atoms with E-state index < -0.39 is 23.1 Å². The molecule has 3 nitrogen and oxygen atoms in total. The average Bonchev–Trinajstić information content (AvgIpc) is 3.00. The number of aromatic nitrogens is 1. The van der Waals surface area contributed by atoms with Crippen molar-refractivity contribution in [2.45, 2.75) is 31.8 Å². The predicted octanol–water partition coefficient (Wildman–Crippen LogP) is 3.46. The van der Waals surface area contributed by atoms with Crippen LogP contribution in [0.5, 0.6) is 0 Å². The number of piperidine rings is 1. The van der Waals surface area contributed by atoms with E-state index in [0.717, 1.165) is 31.4 Å². The Kier molecular flexibility index (Phi) is 4.22. The summed E-state index contributed by atoms with van der Waals surface area (Å²) in [6, 6.07) is 7.33. The van der Waals surface area contributed by atoms with Gasteiger partial charge in [0, 0.05) is 31.5 Å². The van der Waals surface area contributed by atoms with E-state index in [1.54, 1.807) is 4.90 Å². The molecular formula is C17H18F2N2O. The van der Waals surface area contributed by atoms with Crippen molar-refractivity contribution in [2.75, 3.05) is 6.54 Å². The SMILES string of the molecule is O=C(c1c(F)cccc1F)N1CCCCC1Cn1cccc1. The first-order valence-electron chi connectivity index (χ1n) is 7.52. The topological polar surface area (TPSA) is 25.2 Å². The van der Waals surface area contributed by atoms with E-state index in [-0.39, 0.29) is 6.04 Å². The van der Waals surface area contributed by atoms with Gasteiger partial charge >= 0.3 is 0 Å². The van der Waals surface area contributed by atoms with Crippen LogP contribution >= 0.6 is 0 Å². The Bertz CT molecular complexity index is 634. The molecule has 5 heteroatoms. The fraction of sp³-hybridized carbons (Fsp3) is 0.353. The number of nitrogens with zero attached hydrogens (tertiary/aromatic N) is 2. The van der Waals surface area contributed by atoms with Crippen LogP contribution in [-0.2, 0) is 6.54 Å². The number of carbonyl (C=O) groups excluding carboxylic acids is 1. The maximum atomic E-state index is 13.9. The Hall–Kier alpha value is -2.17. The third-order valence-corrected chi connectivity index (χ3v) is 4.15. The molecule has 1 aliphatic rings. The van der Waals surface area contributed by atoms with Crippen LogP contribution in [0.25, 0.3) is 0 Å². The van der Waals surface area contributed by atoms with E-state index in [9.17, 15) is 13.6 Å². The molecule has 2 aromatic rings. The molecule has 0 aliphatic carbocycles. The number of hydrogen-bond acceptors (Lipinski definition) is 1. The molecule has 3 rings (SSSR count). The van der Waals surface area contributed by atoms with Gasteiger partial charge in [-0.05, 0) is 43.5 Å². The molecular weight excluding hydrogens is 286 g/mol. The Morgan fingerprint density at radius 2 is 1.77 bits per heavy atom. The lowest BCUT2D eigenvalue weighted by Crippen LogP contribution is -2.46. The van der Waals surface area contributed by atoms with Crippen molar-refractivity contribution >= 4 is 5.91 Å². The van der Waals surface area contributed by atoms with Gasteiger partial charge in [-0.15, -0.1) is 0 Å². The summed E-state index contributed by atoms with van der Waals surface area (Å²) >= 11 is 0. The number of benzene rings is 1. The molecule has 2 heterocycles. The first-order chi connectivity index (χ1) is 10.7. The van der Waals surface area contributed by atoms with Crippen LogP contribution in [0.4, 0.5) is 8.78 Å². The van der Waals surface area contributed by atoms with Crippen molar-refractivity contribution < 1.29 is 13.6 Å². The lowest BCUT2D eigenvalue weighted by Gasteiger charge is -2.36. The van der Waals surface area contributed by atoms with E-state index in [2.05, 4.69) is 0 Å². The highest BCUT2D eigenvalue weighted by molar-refractivity contribution is 5.95. The first kappa shape index (κ1) is 14.8. The fourth-order valence-corrected chi connectivity index (χ4v) is 3.04. The molecule has 0 saturated carbocycles. The Morgan fingerprint density at radius 1 is 1.09 bits per heavy atom. The van der Waals surface area contributed by atoms with Crippen LogP contribution in [-0.4, -0.2) is 28.0 Å². The lowest BCUT2D eigenvalue weighted by atomic mass is 10.00. The summed E-state index contributed by atoms with van der Waals surface area (Å²) in [5, 5.41) is 0. The van der Waals surface area contributed by atoms with Crippen LogP contribution in [0, 0.1) is 11.6 Å². The number of halogens is 2. The summed E-state index contributed by atoms with van der Waals surface area (Å²) in [5.41, 5.74) is -0.443. The minimum absolute atomic E-state index is 0.0346. The third kappa shape index (κ3) is 2.89. The first-order valence-corrected chi connectivity index (χ1v) is 7.52. The van der Waals surface area contributed by atoms with E-state index in [1.807, 2.05) is 29.1 Å². The molecule has 1 fully saturated rings. The van der Waals surface area contributed by atoms with E-state index in [1.165, 1.54) is 6.07 Å². The monoisotopic (exact) mass is 304 g/mol.